The molecular formula is C55H66. The molecule has 7 rings (SSSR count). The maximum absolute atomic E-state index is 2.55. The molecule has 2 aliphatic rings. The highest BCUT2D eigenvalue weighted by atomic mass is 14.4. The SMILES string of the molecule is CC1C=C(C(C)(C)C)C=C2C(c3cc(-c4cc5cc(C(C)(C)C)ccc5c5ccc(C(C)(C)C)cc45)cc(C(C)(C)C)c3)=Cc3cc(C(C)(C)C)ccc3C21. The van der Waals surface area contributed by atoms with Crippen LogP contribution in [0.4, 0.5) is 0 Å². The molecule has 2 unspecified atom stereocenters. The summed E-state index contributed by atoms with van der Waals surface area (Å²) in [7, 11) is 0. The summed E-state index contributed by atoms with van der Waals surface area (Å²) in [6.45, 7) is 37.6. The lowest BCUT2D eigenvalue weighted by atomic mass is 9.65. The van der Waals surface area contributed by atoms with E-state index in [0.29, 0.717) is 11.8 Å². The third kappa shape index (κ3) is 7.32. The van der Waals surface area contributed by atoms with E-state index in [0.717, 1.165) is 0 Å². The first-order valence-corrected chi connectivity index (χ1v) is 20.8. The fraction of sp³-hybridized carbons (Fsp3) is 0.418. The molecule has 55 heavy (non-hydrogen) atoms. The summed E-state index contributed by atoms with van der Waals surface area (Å²) >= 11 is 0. The Morgan fingerprint density at radius 3 is 1.58 bits per heavy atom. The highest BCUT2D eigenvalue weighted by Crippen LogP contribution is 2.52. The van der Waals surface area contributed by atoms with Crippen LogP contribution < -0.4 is 0 Å². The van der Waals surface area contributed by atoms with E-state index in [1.807, 2.05) is 0 Å². The van der Waals surface area contributed by atoms with E-state index in [1.54, 1.807) is 0 Å². The van der Waals surface area contributed by atoms with Crippen molar-refractivity contribution < 1.29 is 0 Å². The average Bonchev–Trinajstić information content (AvgIpc) is 3.07. The van der Waals surface area contributed by atoms with Gasteiger partial charge in [-0.2, -0.15) is 0 Å². The molecule has 0 bridgehead atoms. The summed E-state index contributed by atoms with van der Waals surface area (Å²) in [4.78, 5) is 0. The highest BCUT2D eigenvalue weighted by molar-refractivity contribution is 6.14. The van der Waals surface area contributed by atoms with Crippen molar-refractivity contribution in [3.8, 4) is 11.1 Å². The number of fused-ring (bicyclic) bond motifs is 6. The van der Waals surface area contributed by atoms with Gasteiger partial charge in [0, 0.05) is 5.92 Å². The van der Waals surface area contributed by atoms with E-state index in [1.165, 1.54) is 88.3 Å². The molecule has 0 saturated carbocycles. The third-order valence-electron chi connectivity index (χ3n) is 12.5. The van der Waals surface area contributed by atoms with E-state index in [4.69, 9.17) is 0 Å². The molecule has 0 aliphatic heterocycles. The lowest BCUT2D eigenvalue weighted by molar-refractivity contribution is 0.493. The Bertz CT molecular complexity index is 2430. The van der Waals surface area contributed by atoms with Gasteiger partial charge in [-0.25, -0.2) is 0 Å². The number of rotatable bonds is 2. The number of allylic oxidation sites excluding steroid dienone is 5. The summed E-state index contributed by atoms with van der Waals surface area (Å²) in [6.07, 6.45) is 7.63. The molecule has 0 aromatic heterocycles. The van der Waals surface area contributed by atoms with Crippen molar-refractivity contribution in [2.75, 3.05) is 0 Å². The lowest BCUT2D eigenvalue weighted by Crippen LogP contribution is -2.24. The van der Waals surface area contributed by atoms with E-state index >= 15 is 0 Å². The molecule has 5 aromatic carbocycles. The van der Waals surface area contributed by atoms with Crippen molar-refractivity contribution >= 4 is 33.2 Å². The second-order valence-electron chi connectivity index (χ2n) is 22.1. The van der Waals surface area contributed by atoms with Crippen LogP contribution in [0.25, 0.3) is 44.3 Å². The zero-order valence-corrected chi connectivity index (χ0v) is 36.9. The van der Waals surface area contributed by atoms with Gasteiger partial charge >= 0.3 is 0 Å². The van der Waals surface area contributed by atoms with E-state index in [9.17, 15) is 0 Å². The third-order valence-corrected chi connectivity index (χ3v) is 12.5. The van der Waals surface area contributed by atoms with Crippen LogP contribution in [0.3, 0.4) is 0 Å². The van der Waals surface area contributed by atoms with Gasteiger partial charge in [0.15, 0.2) is 0 Å². The molecule has 0 nitrogen and oxygen atoms in total. The zero-order chi connectivity index (χ0) is 40.2. The lowest BCUT2D eigenvalue weighted by Gasteiger charge is -2.38. The Hall–Kier alpha value is -4.16. The van der Waals surface area contributed by atoms with Crippen LogP contribution in [0.2, 0.25) is 0 Å². The topological polar surface area (TPSA) is 0 Å². The van der Waals surface area contributed by atoms with Crippen molar-refractivity contribution in [2.24, 2.45) is 11.3 Å². The Balaban J connectivity index is 1.57. The van der Waals surface area contributed by atoms with Gasteiger partial charge in [-0.05, 0) is 146 Å². The minimum atomic E-state index is -0.0377. The summed E-state index contributed by atoms with van der Waals surface area (Å²) in [5, 5.41) is 5.30. The number of hydrogen-bond donors (Lipinski definition) is 0. The van der Waals surface area contributed by atoms with Crippen molar-refractivity contribution in [2.45, 2.75) is 138 Å². The summed E-state index contributed by atoms with van der Waals surface area (Å²) in [6, 6.07) is 31.7. The number of benzene rings is 5. The predicted octanol–water partition coefficient (Wildman–Crippen LogP) is 16.0. The Labute approximate surface area is 333 Å². The molecule has 5 aromatic rings. The summed E-state index contributed by atoms with van der Waals surface area (Å²) in [5.74, 6) is 0.697. The molecule has 0 saturated heterocycles. The van der Waals surface area contributed by atoms with Gasteiger partial charge in [-0.15, -0.1) is 0 Å². The molecule has 0 fully saturated rings. The highest BCUT2D eigenvalue weighted by Gasteiger charge is 2.36. The Kier molecular flexibility index (Phi) is 9.20. The maximum atomic E-state index is 2.55. The largest absolute Gasteiger partial charge is 0.0770 e. The van der Waals surface area contributed by atoms with Gasteiger partial charge in [-0.3, -0.25) is 0 Å². The molecule has 0 N–H and O–H groups in total. The first kappa shape index (κ1) is 39.1. The van der Waals surface area contributed by atoms with Crippen LogP contribution in [0.15, 0.2) is 102 Å². The molecule has 286 valence electrons. The van der Waals surface area contributed by atoms with Crippen LogP contribution in [-0.2, 0) is 21.7 Å². The van der Waals surface area contributed by atoms with Crippen LogP contribution in [0, 0.1) is 11.3 Å². The molecule has 0 spiro atoms. The van der Waals surface area contributed by atoms with Crippen LogP contribution in [-0.4, -0.2) is 0 Å². The Morgan fingerprint density at radius 2 is 0.982 bits per heavy atom. The van der Waals surface area contributed by atoms with Crippen molar-refractivity contribution in [1.29, 1.82) is 0 Å². The molecule has 2 aliphatic carbocycles. The minimum absolute atomic E-state index is 0.0377. The minimum Gasteiger partial charge on any atom is -0.0770 e. The van der Waals surface area contributed by atoms with Gasteiger partial charge in [0.25, 0.3) is 0 Å². The van der Waals surface area contributed by atoms with Crippen molar-refractivity contribution in [1.82, 2.24) is 0 Å². The fourth-order valence-electron chi connectivity index (χ4n) is 8.78. The molecule has 0 radical (unpaired) electrons. The van der Waals surface area contributed by atoms with Gasteiger partial charge < -0.3 is 0 Å². The van der Waals surface area contributed by atoms with Crippen molar-refractivity contribution in [3.05, 3.63) is 141 Å². The predicted molar refractivity (Wildman–Crippen MR) is 244 cm³/mol. The molecule has 2 atom stereocenters. The average molecular weight is 727 g/mol. The van der Waals surface area contributed by atoms with Crippen LogP contribution in [0.5, 0.6) is 0 Å². The van der Waals surface area contributed by atoms with E-state index in [2.05, 4.69) is 208 Å². The smallest absolute Gasteiger partial charge is 0.0162 e. The summed E-state index contributed by atoms with van der Waals surface area (Å²) < 4.78 is 0. The first-order chi connectivity index (χ1) is 25.3. The molecular weight excluding hydrogens is 661 g/mol. The fourth-order valence-corrected chi connectivity index (χ4v) is 8.78. The molecule has 0 heterocycles. The van der Waals surface area contributed by atoms with Gasteiger partial charge in [0.05, 0.1) is 0 Å². The van der Waals surface area contributed by atoms with E-state index in [-0.39, 0.29) is 27.1 Å². The van der Waals surface area contributed by atoms with Gasteiger partial charge in [0.1, 0.15) is 0 Å². The van der Waals surface area contributed by atoms with E-state index < -0.39 is 0 Å². The quantitative estimate of drug-likeness (QED) is 0.159. The van der Waals surface area contributed by atoms with Gasteiger partial charge in [-0.1, -0.05) is 184 Å². The standard InChI is InChI=1S/C55H66/c1-33-23-41(54(11,12)13)32-49-47(30-37-26-39(52(5,6)7)18-21-44(37)50(33)49)35-24-34(27-42(28-35)55(14,15)16)46-29-36-25-38(51(2,3)4)17-20-43(36)45-22-19-40(31-48(45)46)53(8,9)10/h17-33,50H,1-16H3. The first-order valence-electron chi connectivity index (χ1n) is 20.8. The van der Waals surface area contributed by atoms with Gasteiger partial charge in [0.2, 0.25) is 0 Å². The van der Waals surface area contributed by atoms with Crippen LogP contribution >= 0.6 is 0 Å². The Morgan fingerprint density at radius 1 is 0.436 bits per heavy atom. The maximum Gasteiger partial charge on any atom is 0.0162 e. The molecule has 0 heteroatoms. The van der Waals surface area contributed by atoms with Crippen LogP contribution in [0.1, 0.15) is 156 Å². The number of hydrogen-bond acceptors (Lipinski definition) is 0. The normalized spacial score (nSPS) is 18.1. The second kappa shape index (κ2) is 12.9. The summed E-state index contributed by atoms with van der Waals surface area (Å²) in [5.41, 5.74) is 16.7. The zero-order valence-electron chi connectivity index (χ0n) is 36.9. The van der Waals surface area contributed by atoms with Crippen molar-refractivity contribution in [3.63, 3.8) is 0 Å². The monoisotopic (exact) mass is 727 g/mol. The second-order valence-corrected chi connectivity index (χ2v) is 22.1. The molecule has 0 amide bonds.